The van der Waals surface area contributed by atoms with Gasteiger partial charge in [0.25, 0.3) is 0 Å². The van der Waals surface area contributed by atoms with Crippen molar-refractivity contribution in [1.29, 1.82) is 0 Å². The van der Waals surface area contributed by atoms with Crippen molar-refractivity contribution < 1.29 is 24.5 Å². The fraction of sp³-hybridized carbons (Fsp3) is 0.706. The molecule has 8 nitrogen and oxygen atoms in total. The molecule has 3 N–H and O–H groups in total. The maximum atomic E-state index is 11.9. The molecule has 3 atom stereocenters. The lowest BCUT2D eigenvalue weighted by atomic mass is 10.2. The first-order chi connectivity index (χ1) is 12.0. The highest BCUT2D eigenvalue weighted by Gasteiger charge is 2.30. The molecular formula is C17H31N3O5. The van der Waals surface area contributed by atoms with Crippen molar-refractivity contribution in [2.75, 3.05) is 52.6 Å². The molecule has 1 aliphatic rings. The molecule has 0 aliphatic carbocycles. The van der Waals surface area contributed by atoms with E-state index in [0.717, 1.165) is 0 Å². The van der Waals surface area contributed by atoms with Crippen molar-refractivity contribution in [3.8, 4) is 0 Å². The SMILES string of the molecule is C=CCOCC(O)CN(CC(O)COCC=C)C(C)N1CCNC1=O. The van der Waals surface area contributed by atoms with Gasteiger partial charge in [0.05, 0.1) is 44.8 Å². The van der Waals surface area contributed by atoms with Crippen LogP contribution in [0.25, 0.3) is 0 Å². The largest absolute Gasteiger partial charge is 0.389 e. The zero-order valence-electron chi connectivity index (χ0n) is 15.0. The summed E-state index contributed by atoms with van der Waals surface area (Å²) in [4.78, 5) is 15.4. The van der Waals surface area contributed by atoms with Gasteiger partial charge in [-0.15, -0.1) is 13.2 Å². The number of aliphatic hydroxyl groups excluding tert-OH is 2. The number of ether oxygens (including phenoxy) is 2. The number of carbonyl (C=O) groups excluding carboxylic acids is 1. The molecule has 25 heavy (non-hydrogen) atoms. The second kappa shape index (κ2) is 12.0. The quantitative estimate of drug-likeness (QED) is 0.294. The van der Waals surface area contributed by atoms with Gasteiger partial charge in [-0.2, -0.15) is 0 Å². The topological polar surface area (TPSA) is 94.5 Å². The molecule has 1 heterocycles. The maximum Gasteiger partial charge on any atom is 0.318 e. The highest BCUT2D eigenvalue weighted by atomic mass is 16.5. The average molecular weight is 357 g/mol. The number of aliphatic hydroxyl groups is 2. The van der Waals surface area contributed by atoms with E-state index < -0.39 is 12.2 Å². The van der Waals surface area contributed by atoms with Crippen molar-refractivity contribution in [1.82, 2.24) is 15.1 Å². The van der Waals surface area contributed by atoms with Crippen molar-refractivity contribution in [3.05, 3.63) is 25.3 Å². The van der Waals surface area contributed by atoms with Crippen LogP contribution in [-0.2, 0) is 9.47 Å². The molecule has 1 aliphatic heterocycles. The Hall–Kier alpha value is -1.45. The molecule has 1 rings (SSSR count). The minimum Gasteiger partial charge on any atom is -0.389 e. The van der Waals surface area contributed by atoms with Crippen molar-refractivity contribution in [2.24, 2.45) is 0 Å². The fourth-order valence-corrected chi connectivity index (χ4v) is 2.64. The molecule has 1 saturated heterocycles. The van der Waals surface area contributed by atoms with Crippen LogP contribution in [0.4, 0.5) is 4.79 Å². The van der Waals surface area contributed by atoms with Gasteiger partial charge < -0.3 is 29.9 Å². The van der Waals surface area contributed by atoms with E-state index >= 15 is 0 Å². The second-order valence-electron chi connectivity index (χ2n) is 5.97. The van der Waals surface area contributed by atoms with E-state index in [2.05, 4.69) is 18.5 Å². The summed E-state index contributed by atoms with van der Waals surface area (Å²) in [7, 11) is 0. The Kier molecular flexibility index (Phi) is 10.4. The Morgan fingerprint density at radius 3 is 2.12 bits per heavy atom. The lowest BCUT2D eigenvalue weighted by Gasteiger charge is -2.36. The van der Waals surface area contributed by atoms with E-state index in [9.17, 15) is 15.0 Å². The summed E-state index contributed by atoms with van der Waals surface area (Å²) in [5.74, 6) is 0. The number of hydrogen-bond donors (Lipinski definition) is 3. The van der Waals surface area contributed by atoms with Crippen molar-refractivity contribution in [2.45, 2.75) is 25.3 Å². The zero-order chi connectivity index (χ0) is 18.7. The molecule has 0 spiro atoms. The highest BCUT2D eigenvalue weighted by Crippen LogP contribution is 2.11. The zero-order valence-corrected chi connectivity index (χ0v) is 15.0. The van der Waals surface area contributed by atoms with Gasteiger partial charge in [-0.3, -0.25) is 4.90 Å². The number of carbonyl (C=O) groups is 1. The van der Waals surface area contributed by atoms with Crippen LogP contribution in [0.15, 0.2) is 25.3 Å². The Labute approximate surface area is 149 Å². The summed E-state index contributed by atoms with van der Waals surface area (Å²) < 4.78 is 10.5. The van der Waals surface area contributed by atoms with E-state index in [1.165, 1.54) is 0 Å². The first-order valence-corrected chi connectivity index (χ1v) is 8.51. The second-order valence-corrected chi connectivity index (χ2v) is 5.97. The Balaban J connectivity index is 2.62. The lowest BCUT2D eigenvalue weighted by Crippen LogP contribution is -2.53. The smallest absolute Gasteiger partial charge is 0.318 e. The van der Waals surface area contributed by atoms with Crippen LogP contribution in [0, 0.1) is 0 Å². The predicted octanol–water partition coefficient (Wildman–Crippen LogP) is -0.213. The predicted molar refractivity (Wildman–Crippen MR) is 95.2 cm³/mol. The number of rotatable bonds is 14. The summed E-state index contributed by atoms with van der Waals surface area (Å²) in [5.41, 5.74) is 0. The van der Waals surface area contributed by atoms with Gasteiger partial charge in [-0.25, -0.2) is 4.79 Å². The third kappa shape index (κ3) is 7.98. The van der Waals surface area contributed by atoms with Crippen molar-refractivity contribution >= 4 is 6.03 Å². The van der Waals surface area contributed by atoms with Gasteiger partial charge in [0.1, 0.15) is 0 Å². The summed E-state index contributed by atoms with van der Waals surface area (Å²) in [6.07, 6.45) is 1.47. The maximum absolute atomic E-state index is 11.9. The van der Waals surface area contributed by atoms with E-state index in [-0.39, 0.29) is 38.5 Å². The Morgan fingerprint density at radius 2 is 1.72 bits per heavy atom. The molecule has 0 radical (unpaired) electrons. The number of amides is 2. The summed E-state index contributed by atoms with van der Waals surface area (Å²) in [6, 6.07) is -0.146. The average Bonchev–Trinajstić information content (AvgIpc) is 3.00. The molecule has 0 aromatic carbocycles. The van der Waals surface area contributed by atoms with Gasteiger partial charge in [-0.05, 0) is 6.92 Å². The van der Waals surface area contributed by atoms with Gasteiger partial charge in [-0.1, -0.05) is 12.2 Å². The van der Waals surface area contributed by atoms with Crippen LogP contribution in [0.5, 0.6) is 0 Å². The number of nitrogens with one attached hydrogen (secondary N) is 1. The first-order valence-electron chi connectivity index (χ1n) is 8.51. The lowest BCUT2D eigenvalue weighted by molar-refractivity contribution is -0.0313. The Bertz CT molecular complexity index is 399. The first kappa shape index (κ1) is 21.6. The van der Waals surface area contributed by atoms with Gasteiger partial charge in [0.15, 0.2) is 0 Å². The molecule has 0 saturated carbocycles. The van der Waals surface area contributed by atoms with Crippen LogP contribution in [0.1, 0.15) is 6.92 Å². The number of urea groups is 1. The van der Waals surface area contributed by atoms with Crippen LogP contribution in [-0.4, -0.2) is 97.0 Å². The third-order valence-electron chi connectivity index (χ3n) is 3.85. The molecule has 8 heteroatoms. The number of nitrogens with zero attached hydrogens (tertiary/aromatic N) is 2. The molecule has 0 bridgehead atoms. The minimum absolute atomic E-state index is 0.146. The minimum atomic E-state index is -0.741. The van der Waals surface area contributed by atoms with Gasteiger partial charge >= 0.3 is 6.03 Å². The summed E-state index contributed by atoms with van der Waals surface area (Å²) in [6.45, 7) is 11.7. The van der Waals surface area contributed by atoms with Crippen LogP contribution >= 0.6 is 0 Å². The van der Waals surface area contributed by atoms with Gasteiger partial charge in [0.2, 0.25) is 0 Å². The molecule has 0 aromatic rings. The normalized spacial score (nSPS) is 18.1. The summed E-state index contributed by atoms with van der Waals surface area (Å²) >= 11 is 0. The molecule has 0 aromatic heterocycles. The third-order valence-corrected chi connectivity index (χ3v) is 3.85. The monoisotopic (exact) mass is 357 g/mol. The van der Waals surface area contributed by atoms with E-state index in [0.29, 0.717) is 26.3 Å². The van der Waals surface area contributed by atoms with Gasteiger partial charge in [0, 0.05) is 26.2 Å². The Morgan fingerprint density at radius 1 is 1.20 bits per heavy atom. The molecule has 3 unspecified atom stereocenters. The fourth-order valence-electron chi connectivity index (χ4n) is 2.64. The van der Waals surface area contributed by atoms with E-state index in [1.54, 1.807) is 17.1 Å². The molecule has 144 valence electrons. The molecule has 2 amide bonds. The standard InChI is InChI=1S/C17H31N3O5/c1-4-8-24-12-15(21)10-19(11-16(22)13-25-9-5-2)14(3)20-7-6-18-17(20)23/h4-5,14-16,21-22H,1-2,6-13H2,3H3,(H,18,23). The molecular weight excluding hydrogens is 326 g/mol. The van der Waals surface area contributed by atoms with Crippen LogP contribution in [0.2, 0.25) is 0 Å². The van der Waals surface area contributed by atoms with E-state index in [4.69, 9.17) is 9.47 Å². The summed E-state index contributed by atoms with van der Waals surface area (Å²) in [5, 5.41) is 23.1. The van der Waals surface area contributed by atoms with E-state index in [1.807, 2.05) is 11.8 Å². The van der Waals surface area contributed by atoms with Crippen LogP contribution < -0.4 is 5.32 Å². The number of hydrogen-bond acceptors (Lipinski definition) is 6. The van der Waals surface area contributed by atoms with Crippen molar-refractivity contribution in [3.63, 3.8) is 0 Å². The molecule has 1 fully saturated rings. The van der Waals surface area contributed by atoms with Crippen LogP contribution in [0.3, 0.4) is 0 Å². The highest BCUT2D eigenvalue weighted by molar-refractivity contribution is 5.76.